The quantitative estimate of drug-likeness (QED) is 0.657. The van der Waals surface area contributed by atoms with Crippen LogP contribution in [0.2, 0.25) is 0 Å². The molecule has 0 aliphatic carbocycles. The summed E-state index contributed by atoms with van der Waals surface area (Å²) >= 11 is 1.73. The monoisotopic (exact) mass is 245 g/mol. The second-order valence-corrected chi connectivity index (χ2v) is 5.02. The SMILES string of the molecule is COCCNC(=O)CCNC1=NCC(C)S1. The highest BCUT2D eigenvalue weighted by atomic mass is 32.2. The van der Waals surface area contributed by atoms with Gasteiger partial charge in [0.15, 0.2) is 5.17 Å². The summed E-state index contributed by atoms with van der Waals surface area (Å²) in [6, 6.07) is 0. The highest BCUT2D eigenvalue weighted by Gasteiger charge is 2.14. The maximum absolute atomic E-state index is 11.3. The van der Waals surface area contributed by atoms with E-state index in [0.29, 0.717) is 31.4 Å². The van der Waals surface area contributed by atoms with Crippen molar-refractivity contribution in [1.29, 1.82) is 0 Å². The van der Waals surface area contributed by atoms with E-state index < -0.39 is 0 Å². The highest BCUT2D eigenvalue weighted by molar-refractivity contribution is 8.14. The van der Waals surface area contributed by atoms with Gasteiger partial charge in [-0.3, -0.25) is 9.79 Å². The third kappa shape index (κ3) is 5.37. The molecule has 92 valence electrons. The van der Waals surface area contributed by atoms with E-state index in [2.05, 4.69) is 22.5 Å². The van der Waals surface area contributed by atoms with Gasteiger partial charge in [-0.25, -0.2) is 0 Å². The fourth-order valence-corrected chi connectivity index (χ4v) is 2.10. The number of thioether (sulfide) groups is 1. The number of amidine groups is 1. The number of methoxy groups -OCH3 is 1. The van der Waals surface area contributed by atoms with Gasteiger partial charge in [-0.05, 0) is 0 Å². The zero-order valence-electron chi connectivity index (χ0n) is 9.78. The molecule has 0 radical (unpaired) electrons. The average Bonchev–Trinajstić information content (AvgIpc) is 2.65. The third-order valence-electron chi connectivity index (χ3n) is 2.06. The fourth-order valence-electron chi connectivity index (χ4n) is 1.24. The van der Waals surface area contributed by atoms with Crippen LogP contribution in [0.5, 0.6) is 0 Å². The molecule has 0 bridgehead atoms. The van der Waals surface area contributed by atoms with Gasteiger partial charge in [0, 0.05) is 31.9 Å². The fraction of sp³-hybridized carbons (Fsp3) is 0.800. The molecule has 5 nitrogen and oxygen atoms in total. The summed E-state index contributed by atoms with van der Waals surface area (Å²) in [5.41, 5.74) is 0. The molecule has 0 spiro atoms. The van der Waals surface area contributed by atoms with Gasteiger partial charge in [-0.15, -0.1) is 0 Å². The number of aliphatic imine (C=N–C) groups is 1. The van der Waals surface area contributed by atoms with Gasteiger partial charge in [0.25, 0.3) is 0 Å². The van der Waals surface area contributed by atoms with Crippen LogP contribution in [0.15, 0.2) is 4.99 Å². The molecule has 0 fully saturated rings. The molecule has 6 heteroatoms. The molecule has 16 heavy (non-hydrogen) atoms. The molecule has 0 aromatic rings. The number of nitrogens with zero attached hydrogens (tertiary/aromatic N) is 1. The number of amides is 1. The van der Waals surface area contributed by atoms with Crippen LogP contribution in [0, 0.1) is 0 Å². The van der Waals surface area contributed by atoms with E-state index >= 15 is 0 Å². The van der Waals surface area contributed by atoms with E-state index in [1.165, 1.54) is 0 Å². The van der Waals surface area contributed by atoms with Gasteiger partial charge >= 0.3 is 0 Å². The number of hydrogen-bond donors (Lipinski definition) is 2. The number of hydrogen-bond acceptors (Lipinski definition) is 5. The number of carbonyl (C=O) groups excluding carboxylic acids is 1. The first kappa shape index (κ1) is 13.3. The Bertz CT molecular complexity index is 258. The third-order valence-corrected chi connectivity index (χ3v) is 3.11. The van der Waals surface area contributed by atoms with Crippen LogP contribution < -0.4 is 10.6 Å². The Morgan fingerprint density at radius 3 is 3.06 bits per heavy atom. The van der Waals surface area contributed by atoms with E-state index in [1.807, 2.05) is 0 Å². The Kier molecular flexibility index (Phi) is 6.25. The molecule has 0 aromatic heterocycles. The Balaban J connectivity index is 2.00. The van der Waals surface area contributed by atoms with Crippen molar-refractivity contribution >= 4 is 22.8 Å². The number of rotatable bonds is 6. The molecular weight excluding hydrogens is 226 g/mol. The van der Waals surface area contributed by atoms with Crippen LogP contribution in [-0.4, -0.2) is 49.7 Å². The van der Waals surface area contributed by atoms with Crippen molar-refractivity contribution in [2.24, 2.45) is 4.99 Å². The van der Waals surface area contributed by atoms with Crippen molar-refractivity contribution in [2.75, 3.05) is 33.4 Å². The molecule has 1 aliphatic heterocycles. The van der Waals surface area contributed by atoms with E-state index in [9.17, 15) is 4.79 Å². The first-order valence-electron chi connectivity index (χ1n) is 5.43. The summed E-state index contributed by atoms with van der Waals surface area (Å²) in [5.74, 6) is 0.0428. The van der Waals surface area contributed by atoms with Gasteiger partial charge in [0.1, 0.15) is 0 Å². The summed E-state index contributed by atoms with van der Waals surface area (Å²) < 4.78 is 4.84. The minimum absolute atomic E-state index is 0.0428. The lowest BCUT2D eigenvalue weighted by Crippen LogP contribution is -2.31. The first-order chi connectivity index (χ1) is 7.72. The van der Waals surface area contributed by atoms with Crippen LogP contribution in [0.4, 0.5) is 0 Å². The number of carbonyl (C=O) groups is 1. The zero-order chi connectivity index (χ0) is 11.8. The predicted octanol–water partition coefficient (Wildman–Crippen LogP) is 0.220. The molecule has 1 amide bonds. The van der Waals surface area contributed by atoms with Gasteiger partial charge in [0.2, 0.25) is 5.91 Å². The first-order valence-corrected chi connectivity index (χ1v) is 6.31. The summed E-state index contributed by atoms with van der Waals surface area (Å²) in [6.45, 7) is 4.77. The molecule has 1 unspecified atom stereocenters. The largest absolute Gasteiger partial charge is 0.383 e. The Morgan fingerprint density at radius 2 is 2.44 bits per heavy atom. The maximum Gasteiger partial charge on any atom is 0.221 e. The number of ether oxygens (including phenoxy) is 1. The standard InChI is InChI=1S/C10H19N3O2S/c1-8-7-13-10(16-8)12-4-3-9(14)11-5-6-15-2/h8H,3-7H2,1-2H3,(H,11,14)(H,12,13). The van der Waals surface area contributed by atoms with Crippen molar-refractivity contribution in [2.45, 2.75) is 18.6 Å². The van der Waals surface area contributed by atoms with Crippen LogP contribution in [-0.2, 0) is 9.53 Å². The Morgan fingerprint density at radius 1 is 1.62 bits per heavy atom. The normalized spacial score (nSPS) is 19.4. The van der Waals surface area contributed by atoms with Gasteiger partial charge in [0.05, 0.1) is 13.2 Å². The molecule has 1 heterocycles. The zero-order valence-corrected chi connectivity index (χ0v) is 10.6. The minimum Gasteiger partial charge on any atom is -0.383 e. The second-order valence-electron chi connectivity index (χ2n) is 3.59. The van der Waals surface area contributed by atoms with Crippen molar-refractivity contribution in [1.82, 2.24) is 10.6 Å². The van der Waals surface area contributed by atoms with Gasteiger partial charge in [-0.1, -0.05) is 18.7 Å². The van der Waals surface area contributed by atoms with E-state index in [4.69, 9.17) is 4.74 Å². The number of nitrogens with one attached hydrogen (secondary N) is 2. The lowest BCUT2D eigenvalue weighted by Gasteiger charge is -2.06. The Hall–Kier alpha value is -0.750. The minimum atomic E-state index is 0.0428. The summed E-state index contributed by atoms with van der Waals surface area (Å²) in [6.07, 6.45) is 0.470. The lowest BCUT2D eigenvalue weighted by molar-refractivity contribution is -0.121. The molecule has 1 rings (SSSR count). The van der Waals surface area contributed by atoms with E-state index in [1.54, 1.807) is 18.9 Å². The molecular formula is C10H19N3O2S. The van der Waals surface area contributed by atoms with Crippen LogP contribution in [0.25, 0.3) is 0 Å². The van der Waals surface area contributed by atoms with Crippen molar-refractivity contribution in [3.63, 3.8) is 0 Å². The molecule has 0 aromatic carbocycles. The smallest absolute Gasteiger partial charge is 0.221 e. The van der Waals surface area contributed by atoms with E-state index in [-0.39, 0.29) is 5.91 Å². The van der Waals surface area contributed by atoms with Crippen LogP contribution in [0.3, 0.4) is 0 Å². The van der Waals surface area contributed by atoms with Crippen molar-refractivity contribution in [3.05, 3.63) is 0 Å². The van der Waals surface area contributed by atoms with Crippen molar-refractivity contribution < 1.29 is 9.53 Å². The van der Waals surface area contributed by atoms with Gasteiger partial charge < -0.3 is 15.4 Å². The molecule has 0 saturated heterocycles. The predicted molar refractivity (Wildman–Crippen MR) is 66.9 cm³/mol. The summed E-state index contributed by atoms with van der Waals surface area (Å²) in [4.78, 5) is 15.6. The average molecular weight is 245 g/mol. The molecule has 0 saturated carbocycles. The van der Waals surface area contributed by atoms with Crippen LogP contribution >= 0.6 is 11.8 Å². The maximum atomic E-state index is 11.3. The van der Waals surface area contributed by atoms with Crippen LogP contribution in [0.1, 0.15) is 13.3 Å². The summed E-state index contributed by atoms with van der Waals surface area (Å²) in [7, 11) is 1.62. The lowest BCUT2D eigenvalue weighted by atomic mass is 10.4. The van der Waals surface area contributed by atoms with E-state index in [0.717, 1.165) is 11.7 Å². The molecule has 1 aliphatic rings. The Labute approximate surface area is 100 Å². The summed E-state index contributed by atoms with van der Waals surface area (Å²) in [5, 5.41) is 7.43. The highest BCUT2D eigenvalue weighted by Crippen LogP contribution is 2.18. The van der Waals surface area contributed by atoms with Gasteiger partial charge in [-0.2, -0.15) is 0 Å². The topological polar surface area (TPSA) is 62.7 Å². The molecule has 2 N–H and O–H groups in total. The van der Waals surface area contributed by atoms with Crippen molar-refractivity contribution in [3.8, 4) is 0 Å². The molecule has 1 atom stereocenters. The second kappa shape index (κ2) is 7.51.